The lowest BCUT2D eigenvalue weighted by Crippen LogP contribution is -2.26. The third-order valence-electron chi connectivity index (χ3n) is 4.62. The molecule has 1 aliphatic carbocycles. The van der Waals surface area contributed by atoms with Gasteiger partial charge in [-0.2, -0.15) is 0 Å². The van der Waals surface area contributed by atoms with Gasteiger partial charge in [-0.15, -0.1) is 0 Å². The molecule has 0 heterocycles. The molecule has 1 fully saturated rings. The van der Waals surface area contributed by atoms with Gasteiger partial charge in [0.15, 0.2) is 0 Å². The van der Waals surface area contributed by atoms with Gasteiger partial charge < -0.3 is 9.84 Å². The molecule has 0 spiro atoms. The quantitative estimate of drug-likeness (QED) is 0.876. The average molecular weight is 290 g/mol. The number of ether oxygens (including phenoxy) is 1. The van der Waals surface area contributed by atoms with Crippen LogP contribution in [-0.4, -0.2) is 17.2 Å². The van der Waals surface area contributed by atoms with Crippen LogP contribution in [-0.2, 0) is 16.1 Å². The summed E-state index contributed by atoms with van der Waals surface area (Å²) in [4.78, 5) is 10.9. The number of hydrogen-bond acceptors (Lipinski definition) is 2. The van der Waals surface area contributed by atoms with Gasteiger partial charge in [-0.1, -0.05) is 38.1 Å². The Morgan fingerprint density at radius 3 is 2.38 bits per heavy atom. The van der Waals surface area contributed by atoms with Gasteiger partial charge in [0.2, 0.25) is 0 Å². The second kappa shape index (κ2) is 6.61. The highest BCUT2D eigenvalue weighted by molar-refractivity contribution is 5.75. The average Bonchev–Trinajstić information content (AvgIpc) is 2.46. The first-order valence-electron chi connectivity index (χ1n) is 7.81. The van der Waals surface area contributed by atoms with E-state index in [0.29, 0.717) is 18.1 Å². The maximum atomic E-state index is 10.9. The highest BCUT2D eigenvalue weighted by Crippen LogP contribution is 2.36. The minimum atomic E-state index is -0.788. The molecule has 0 radical (unpaired) electrons. The lowest BCUT2D eigenvalue weighted by Gasteiger charge is -2.34. The van der Waals surface area contributed by atoms with Crippen LogP contribution in [0.5, 0.6) is 0 Å². The van der Waals surface area contributed by atoms with Crippen LogP contribution in [0, 0.1) is 5.41 Å². The van der Waals surface area contributed by atoms with E-state index >= 15 is 0 Å². The molecular formula is C18H26O3. The van der Waals surface area contributed by atoms with Crippen molar-refractivity contribution in [2.24, 2.45) is 5.41 Å². The predicted octanol–water partition coefficient (Wildman–Crippen LogP) is 4.36. The van der Waals surface area contributed by atoms with Crippen LogP contribution in [0.1, 0.15) is 63.5 Å². The molecule has 2 rings (SSSR count). The summed E-state index contributed by atoms with van der Waals surface area (Å²) in [6.07, 6.45) is 5.11. The number of carboxylic acid groups (broad SMARTS) is 1. The molecule has 0 aromatic heterocycles. The van der Waals surface area contributed by atoms with Crippen LogP contribution < -0.4 is 0 Å². The normalized spacial score (nSPS) is 20.1. The third-order valence-corrected chi connectivity index (χ3v) is 4.62. The van der Waals surface area contributed by atoms with Crippen molar-refractivity contribution in [2.75, 3.05) is 0 Å². The molecule has 1 saturated carbocycles. The molecule has 3 heteroatoms. The SMILES string of the molecule is CC(C(=O)O)c1ccc(COC2CCC(C)(C)CC2)cc1. The zero-order valence-corrected chi connectivity index (χ0v) is 13.3. The second-order valence-corrected chi connectivity index (χ2v) is 6.98. The molecule has 21 heavy (non-hydrogen) atoms. The van der Waals surface area contributed by atoms with Crippen LogP contribution in [0.15, 0.2) is 24.3 Å². The summed E-state index contributed by atoms with van der Waals surface area (Å²) in [5.41, 5.74) is 2.42. The Kier molecular flexibility index (Phi) is 5.04. The first-order chi connectivity index (χ1) is 9.87. The molecular weight excluding hydrogens is 264 g/mol. The molecule has 0 aliphatic heterocycles. The minimum absolute atomic E-state index is 0.371. The van der Waals surface area contributed by atoms with E-state index in [2.05, 4.69) is 13.8 Å². The van der Waals surface area contributed by atoms with Crippen LogP contribution in [0.2, 0.25) is 0 Å². The lowest BCUT2D eigenvalue weighted by molar-refractivity contribution is -0.138. The number of hydrogen-bond donors (Lipinski definition) is 1. The van der Waals surface area contributed by atoms with Crippen LogP contribution in [0.4, 0.5) is 0 Å². The summed E-state index contributed by atoms with van der Waals surface area (Å²) < 4.78 is 5.99. The molecule has 1 aromatic carbocycles. The molecule has 3 nitrogen and oxygen atoms in total. The van der Waals surface area contributed by atoms with Crippen LogP contribution >= 0.6 is 0 Å². The summed E-state index contributed by atoms with van der Waals surface area (Å²) in [6.45, 7) is 6.97. The highest BCUT2D eigenvalue weighted by Gasteiger charge is 2.27. The summed E-state index contributed by atoms with van der Waals surface area (Å²) in [5, 5.41) is 9.00. The predicted molar refractivity (Wildman–Crippen MR) is 83.3 cm³/mol. The van der Waals surface area contributed by atoms with Crippen molar-refractivity contribution in [3.8, 4) is 0 Å². The topological polar surface area (TPSA) is 46.5 Å². The molecule has 1 atom stereocenters. The smallest absolute Gasteiger partial charge is 0.310 e. The highest BCUT2D eigenvalue weighted by atomic mass is 16.5. The van der Waals surface area contributed by atoms with Crippen molar-refractivity contribution in [1.82, 2.24) is 0 Å². The van der Waals surface area contributed by atoms with E-state index in [0.717, 1.165) is 24.0 Å². The largest absolute Gasteiger partial charge is 0.481 e. The number of carboxylic acids is 1. The zero-order valence-electron chi connectivity index (χ0n) is 13.3. The van der Waals surface area contributed by atoms with Crippen molar-refractivity contribution in [3.05, 3.63) is 35.4 Å². The molecule has 0 amide bonds. The summed E-state index contributed by atoms with van der Waals surface area (Å²) in [5.74, 6) is -1.25. The molecule has 116 valence electrons. The lowest BCUT2D eigenvalue weighted by atomic mass is 9.76. The van der Waals surface area contributed by atoms with Crippen LogP contribution in [0.25, 0.3) is 0 Å². The van der Waals surface area contributed by atoms with Gasteiger partial charge in [0.25, 0.3) is 0 Å². The maximum absolute atomic E-state index is 10.9. The van der Waals surface area contributed by atoms with Crippen molar-refractivity contribution in [1.29, 1.82) is 0 Å². The van der Waals surface area contributed by atoms with Crippen molar-refractivity contribution < 1.29 is 14.6 Å². The third kappa shape index (κ3) is 4.57. The van der Waals surface area contributed by atoms with E-state index in [9.17, 15) is 4.79 Å². The summed E-state index contributed by atoms with van der Waals surface area (Å²) in [6, 6.07) is 7.73. The fraction of sp³-hybridized carbons (Fsp3) is 0.611. The Morgan fingerprint density at radius 2 is 1.86 bits per heavy atom. The fourth-order valence-corrected chi connectivity index (χ4v) is 2.80. The number of rotatable bonds is 5. The van der Waals surface area contributed by atoms with Gasteiger partial charge in [0.1, 0.15) is 0 Å². The first-order valence-corrected chi connectivity index (χ1v) is 7.81. The van der Waals surface area contributed by atoms with E-state index in [1.807, 2.05) is 24.3 Å². The van der Waals surface area contributed by atoms with Crippen molar-refractivity contribution in [3.63, 3.8) is 0 Å². The van der Waals surface area contributed by atoms with Gasteiger partial charge in [0.05, 0.1) is 18.6 Å². The Balaban J connectivity index is 1.83. The van der Waals surface area contributed by atoms with E-state index in [1.165, 1.54) is 12.8 Å². The van der Waals surface area contributed by atoms with Crippen molar-refractivity contribution >= 4 is 5.97 Å². The first kappa shape index (κ1) is 16.0. The molecule has 1 N–H and O–H groups in total. The monoisotopic (exact) mass is 290 g/mol. The number of carbonyl (C=O) groups is 1. The van der Waals surface area contributed by atoms with Gasteiger partial charge in [-0.05, 0) is 49.1 Å². The van der Waals surface area contributed by atoms with E-state index < -0.39 is 11.9 Å². The molecule has 1 aliphatic rings. The van der Waals surface area contributed by atoms with Gasteiger partial charge in [-0.25, -0.2) is 0 Å². The Bertz CT molecular complexity index is 466. The van der Waals surface area contributed by atoms with Gasteiger partial charge in [-0.3, -0.25) is 4.79 Å². The van der Waals surface area contributed by atoms with Crippen molar-refractivity contribution in [2.45, 2.75) is 65.1 Å². The summed E-state index contributed by atoms with van der Waals surface area (Å²) in [7, 11) is 0. The minimum Gasteiger partial charge on any atom is -0.481 e. The maximum Gasteiger partial charge on any atom is 0.310 e. The Hall–Kier alpha value is -1.35. The summed E-state index contributed by atoms with van der Waals surface area (Å²) >= 11 is 0. The molecule has 0 bridgehead atoms. The fourth-order valence-electron chi connectivity index (χ4n) is 2.80. The van der Waals surface area contributed by atoms with E-state index in [-0.39, 0.29) is 0 Å². The van der Waals surface area contributed by atoms with E-state index in [4.69, 9.17) is 9.84 Å². The molecule has 1 unspecified atom stereocenters. The Morgan fingerprint density at radius 1 is 1.29 bits per heavy atom. The Labute approximate surface area is 127 Å². The molecule has 1 aromatic rings. The standard InChI is InChI=1S/C18H26O3/c1-13(17(19)20)15-6-4-14(5-7-15)12-21-16-8-10-18(2,3)11-9-16/h4-7,13,16H,8-12H2,1-3H3,(H,19,20). The zero-order chi connectivity index (χ0) is 15.5. The second-order valence-electron chi connectivity index (χ2n) is 6.98. The molecule has 0 saturated heterocycles. The van der Waals surface area contributed by atoms with Gasteiger partial charge in [0, 0.05) is 0 Å². The van der Waals surface area contributed by atoms with Crippen LogP contribution in [0.3, 0.4) is 0 Å². The number of benzene rings is 1. The van der Waals surface area contributed by atoms with Gasteiger partial charge >= 0.3 is 5.97 Å². The van der Waals surface area contributed by atoms with E-state index in [1.54, 1.807) is 6.92 Å². The number of aliphatic carboxylic acids is 1.